The standard InChI is InChI=1S/C72H53N/c1-5-19-48(20-6-1)50-35-38-55(39-36-50)73(56-40-42-60-58-29-13-15-32-64(58)71(68(60)46-56,53-25-9-3-10-26-53)54-27-11-4-12-28-54)57-41-43-61-59-30-14-16-33-65(59)72(69(61)47-57)66-44-37-52(49-21-7-2-8-22-49)45-63(66)62-31-17-23-51-24-18-34-67(72)70(51)62/h1,3-6,9-20,23-47,49H,2,7-8,21-22H2. The highest BCUT2D eigenvalue weighted by Crippen LogP contribution is 2.63. The van der Waals surface area contributed by atoms with E-state index in [1.807, 2.05) is 0 Å². The van der Waals surface area contributed by atoms with E-state index in [2.05, 4.69) is 260 Å². The van der Waals surface area contributed by atoms with Crippen molar-refractivity contribution in [2.24, 2.45) is 0 Å². The SMILES string of the molecule is c1ccc(-c2ccc(N(c3ccc4c(c3)C(c3ccccc3)(c3ccccc3)c3ccccc3-4)c3ccc4c(c3)C3(c5ccccc5-4)c4ccc(C5CCCCC5)cc4-c4cccc5cccc3c45)cc2)cc1. The molecule has 0 aromatic heterocycles. The Morgan fingerprint density at radius 3 is 1.42 bits per heavy atom. The summed E-state index contributed by atoms with van der Waals surface area (Å²) in [5.41, 5.74) is 24.6. The van der Waals surface area contributed by atoms with E-state index in [-0.39, 0.29) is 0 Å². The molecule has 4 aliphatic rings. The van der Waals surface area contributed by atoms with Crippen LogP contribution in [0.15, 0.2) is 255 Å². The zero-order valence-corrected chi connectivity index (χ0v) is 40.8. The molecule has 11 aromatic rings. The Bertz CT molecular complexity index is 3890. The maximum absolute atomic E-state index is 2.61. The van der Waals surface area contributed by atoms with Crippen molar-refractivity contribution < 1.29 is 0 Å². The predicted octanol–water partition coefficient (Wildman–Crippen LogP) is 18.7. The van der Waals surface area contributed by atoms with Crippen LogP contribution in [-0.4, -0.2) is 0 Å². The van der Waals surface area contributed by atoms with Gasteiger partial charge in [0.25, 0.3) is 0 Å². The summed E-state index contributed by atoms with van der Waals surface area (Å²) in [7, 11) is 0. The lowest BCUT2D eigenvalue weighted by Crippen LogP contribution is -2.32. The van der Waals surface area contributed by atoms with Crippen molar-refractivity contribution in [3.8, 4) is 44.5 Å². The molecule has 11 aromatic carbocycles. The van der Waals surface area contributed by atoms with E-state index in [0.29, 0.717) is 5.92 Å². The average Bonchev–Trinajstić information content (AvgIpc) is 3.94. The van der Waals surface area contributed by atoms with Crippen molar-refractivity contribution in [1.82, 2.24) is 0 Å². The molecule has 0 saturated heterocycles. The van der Waals surface area contributed by atoms with Crippen LogP contribution in [-0.2, 0) is 10.8 Å². The van der Waals surface area contributed by atoms with Gasteiger partial charge in [-0.2, -0.15) is 0 Å². The molecule has 0 bridgehead atoms. The number of anilines is 3. The second-order valence-electron chi connectivity index (χ2n) is 20.9. The van der Waals surface area contributed by atoms with Crippen molar-refractivity contribution in [2.45, 2.75) is 48.9 Å². The number of hydrogen-bond acceptors (Lipinski definition) is 1. The van der Waals surface area contributed by atoms with Gasteiger partial charge >= 0.3 is 0 Å². The van der Waals surface area contributed by atoms with Gasteiger partial charge in [0.15, 0.2) is 0 Å². The molecule has 1 saturated carbocycles. The Labute approximate surface area is 428 Å². The molecule has 73 heavy (non-hydrogen) atoms. The first-order valence-corrected chi connectivity index (χ1v) is 26.4. The second-order valence-corrected chi connectivity index (χ2v) is 20.9. The van der Waals surface area contributed by atoms with Crippen molar-refractivity contribution >= 4 is 27.8 Å². The van der Waals surface area contributed by atoms with E-state index >= 15 is 0 Å². The molecule has 0 radical (unpaired) electrons. The summed E-state index contributed by atoms with van der Waals surface area (Å²) in [6.07, 6.45) is 6.52. The van der Waals surface area contributed by atoms with E-state index < -0.39 is 10.8 Å². The van der Waals surface area contributed by atoms with Crippen molar-refractivity contribution in [3.63, 3.8) is 0 Å². The van der Waals surface area contributed by atoms with Crippen LogP contribution in [0.3, 0.4) is 0 Å². The largest absolute Gasteiger partial charge is 0.310 e. The Morgan fingerprint density at radius 1 is 0.301 bits per heavy atom. The highest BCUT2D eigenvalue weighted by molar-refractivity contribution is 6.07. The molecule has 0 amide bonds. The van der Waals surface area contributed by atoms with Gasteiger partial charge in [0.05, 0.1) is 10.8 Å². The van der Waals surface area contributed by atoms with Crippen LogP contribution in [0.1, 0.15) is 88.1 Å². The third-order valence-corrected chi connectivity index (χ3v) is 17.3. The summed E-state index contributed by atoms with van der Waals surface area (Å²) in [5, 5.41) is 2.67. The maximum atomic E-state index is 2.61. The lowest BCUT2D eigenvalue weighted by Gasteiger charge is -2.41. The number of benzene rings is 11. The Balaban J connectivity index is 0.996. The fourth-order valence-electron chi connectivity index (χ4n) is 14.3. The third kappa shape index (κ3) is 6.09. The lowest BCUT2D eigenvalue weighted by atomic mass is 9.61. The quantitative estimate of drug-likeness (QED) is 0.154. The van der Waals surface area contributed by atoms with Gasteiger partial charge in [-0.05, 0) is 161 Å². The summed E-state index contributed by atoms with van der Waals surface area (Å²) in [6.45, 7) is 0. The van der Waals surface area contributed by atoms with E-state index in [1.165, 1.54) is 137 Å². The molecule has 346 valence electrons. The first-order valence-electron chi connectivity index (χ1n) is 26.4. The van der Waals surface area contributed by atoms with E-state index in [9.17, 15) is 0 Å². The minimum atomic E-state index is -0.547. The summed E-state index contributed by atoms with van der Waals surface area (Å²) in [6, 6.07) is 97.0. The summed E-state index contributed by atoms with van der Waals surface area (Å²) in [5.74, 6) is 0.602. The molecule has 1 nitrogen and oxygen atoms in total. The number of fused-ring (bicyclic) bond motifs is 12. The van der Waals surface area contributed by atoms with Crippen molar-refractivity contribution in [1.29, 1.82) is 0 Å². The predicted molar refractivity (Wildman–Crippen MR) is 303 cm³/mol. The minimum Gasteiger partial charge on any atom is -0.310 e. The topological polar surface area (TPSA) is 3.24 Å². The molecular weight excluding hydrogens is 879 g/mol. The molecule has 1 spiro atoms. The second kappa shape index (κ2) is 16.5. The molecule has 0 N–H and O–H groups in total. The zero-order chi connectivity index (χ0) is 48.1. The smallest absolute Gasteiger partial charge is 0.0726 e. The van der Waals surface area contributed by atoms with Crippen LogP contribution in [0.2, 0.25) is 0 Å². The van der Waals surface area contributed by atoms with Crippen LogP contribution in [0.4, 0.5) is 17.1 Å². The van der Waals surface area contributed by atoms with Crippen LogP contribution >= 0.6 is 0 Å². The third-order valence-electron chi connectivity index (χ3n) is 17.3. The highest BCUT2D eigenvalue weighted by atomic mass is 15.1. The molecule has 1 fully saturated rings. The fourth-order valence-corrected chi connectivity index (χ4v) is 14.3. The molecule has 4 aliphatic carbocycles. The molecular formula is C72H53N. The Morgan fingerprint density at radius 2 is 0.781 bits per heavy atom. The Kier molecular flexibility index (Phi) is 9.55. The van der Waals surface area contributed by atoms with Gasteiger partial charge in [-0.25, -0.2) is 0 Å². The summed E-state index contributed by atoms with van der Waals surface area (Å²) in [4.78, 5) is 2.53. The van der Waals surface area contributed by atoms with Crippen molar-refractivity contribution in [3.05, 3.63) is 305 Å². The number of nitrogens with zero attached hydrogens (tertiary/aromatic N) is 1. The monoisotopic (exact) mass is 931 g/mol. The van der Waals surface area contributed by atoms with Crippen LogP contribution < -0.4 is 4.90 Å². The maximum Gasteiger partial charge on any atom is 0.0726 e. The van der Waals surface area contributed by atoms with Gasteiger partial charge in [0, 0.05) is 17.1 Å². The van der Waals surface area contributed by atoms with Crippen LogP contribution in [0, 0.1) is 0 Å². The first kappa shape index (κ1) is 42.2. The van der Waals surface area contributed by atoms with Gasteiger partial charge in [-0.3, -0.25) is 0 Å². The van der Waals surface area contributed by atoms with Crippen LogP contribution in [0.25, 0.3) is 55.3 Å². The summed E-state index contributed by atoms with van der Waals surface area (Å²) < 4.78 is 0. The number of hydrogen-bond donors (Lipinski definition) is 0. The zero-order valence-electron chi connectivity index (χ0n) is 40.8. The van der Waals surface area contributed by atoms with Crippen molar-refractivity contribution in [2.75, 3.05) is 4.90 Å². The van der Waals surface area contributed by atoms with E-state index in [0.717, 1.165) is 17.1 Å². The highest BCUT2D eigenvalue weighted by Gasteiger charge is 2.51. The van der Waals surface area contributed by atoms with Gasteiger partial charge in [-0.15, -0.1) is 0 Å². The molecule has 0 aliphatic heterocycles. The van der Waals surface area contributed by atoms with Gasteiger partial charge in [0.2, 0.25) is 0 Å². The van der Waals surface area contributed by atoms with E-state index in [4.69, 9.17) is 0 Å². The first-order chi connectivity index (χ1) is 36.2. The number of rotatable bonds is 7. The Hall–Kier alpha value is -8.52. The lowest BCUT2D eigenvalue weighted by molar-refractivity contribution is 0.443. The average molecular weight is 932 g/mol. The van der Waals surface area contributed by atoms with Crippen LogP contribution in [0.5, 0.6) is 0 Å². The van der Waals surface area contributed by atoms with E-state index in [1.54, 1.807) is 0 Å². The normalized spacial score (nSPS) is 16.6. The molecule has 1 unspecified atom stereocenters. The van der Waals surface area contributed by atoms with Gasteiger partial charge in [-0.1, -0.05) is 238 Å². The fraction of sp³-hybridized carbons (Fsp3) is 0.111. The molecule has 15 rings (SSSR count). The van der Waals surface area contributed by atoms with Gasteiger partial charge < -0.3 is 4.90 Å². The minimum absolute atomic E-state index is 0.536. The molecule has 1 heteroatoms. The summed E-state index contributed by atoms with van der Waals surface area (Å²) >= 11 is 0. The molecule has 1 atom stereocenters. The van der Waals surface area contributed by atoms with Gasteiger partial charge in [0.1, 0.15) is 0 Å². The molecule has 0 heterocycles.